The zero-order chi connectivity index (χ0) is 17.4. The van der Waals surface area contributed by atoms with E-state index in [1.807, 2.05) is 18.2 Å². The Kier molecular flexibility index (Phi) is 4.12. The summed E-state index contributed by atoms with van der Waals surface area (Å²) < 4.78 is 3.68. The summed E-state index contributed by atoms with van der Waals surface area (Å²) in [6, 6.07) is 7.55. The van der Waals surface area contributed by atoms with Crippen molar-refractivity contribution in [3.05, 3.63) is 39.4 Å². The van der Waals surface area contributed by atoms with E-state index in [0.717, 1.165) is 12.8 Å². The molecule has 0 aliphatic heterocycles. The van der Waals surface area contributed by atoms with Crippen LogP contribution in [0.5, 0.6) is 0 Å². The van der Waals surface area contributed by atoms with Crippen molar-refractivity contribution in [1.82, 2.24) is 24.5 Å². The van der Waals surface area contributed by atoms with Gasteiger partial charge >= 0.3 is 0 Å². The molecule has 7 nitrogen and oxygen atoms in total. The van der Waals surface area contributed by atoms with Crippen LogP contribution in [0.1, 0.15) is 32.1 Å². The molecule has 1 aromatic carbocycles. The van der Waals surface area contributed by atoms with Crippen molar-refractivity contribution in [2.24, 2.45) is 0 Å². The minimum absolute atomic E-state index is 0.0285. The van der Waals surface area contributed by atoms with E-state index in [2.05, 4.69) is 15.5 Å². The number of fused-ring (bicyclic) bond motifs is 3. The van der Waals surface area contributed by atoms with Crippen LogP contribution in [0.2, 0.25) is 0 Å². The predicted octanol–water partition coefficient (Wildman–Crippen LogP) is 2.16. The van der Waals surface area contributed by atoms with Crippen molar-refractivity contribution in [3.63, 3.8) is 0 Å². The molecule has 0 radical (unpaired) electrons. The smallest absolute Gasteiger partial charge is 0.262 e. The van der Waals surface area contributed by atoms with Crippen LogP contribution in [0.25, 0.3) is 16.7 Å². The first-order chi connectivity index (χ1) is 12.1. The van der Waals surface area contributed by atoms with E-state index in [1.54, 1.807) is 10.5 Å². The lowest BCUT2D eigenvalue weighted by Gasteiger charge is -2.13. The highest BCUT2D eigenvalue weighted by Crippen LogP contribution is 2.18. The van der Waals surface area contributed by atoms with Gasteiger partial charge in [0, 0.05) is 19.0 Å². The highest BCUT2D eigenvalue weighted by Gasteiger charge is 2.18. The molecule has 8 heteroatoms. The lowest BCUT2D eigenvalue weighted by molar-refractivity contribution is -0.121. The second-order valence-electron chi connectivity index (χ2n) is 6.44. The van der Waals surface area contributed by atoms with E-state index in [1.165, 1.54) is 17.4 Å². The van der Waals surface area contributed by atoms with Gasteiger partial charge in [-0.25, -0.2) is 5.10 Å². The summed E-state index contributed by atoms with van der Waals surface area (Å²) in [6.07, 6.45) is 4.66. The molecular weight excluding hydrogens is 338 g/mol. The third kappa shape index (κ3) is 2.86. The number of hydrogen-bond acceptors (Lipinski definition) is 4. The summed E-state index contributed by atoms with van der Waals surface area (Å²) in [4.78, 5) is 25.0. The standard InChI is InChI=1S/C17H19N5O2S/c23-14(18-11-5-1-2-6-11)9-10-21-15(24)12-7-3-4-8-13(12)22-16(21)19-20-17(22)25/h3-4,7-8,11H,1-2,5-6,9-10H2,(H,18,23)(H,20,25). The van der Waals surface area contributed by atoms with Gasteiger partial charge < -0.3 is 5.32 Å². The number of benzene rings is 1. The minimum atomic E-state index is -0.161. The summed E-state index contributed by atoms with van der Waals surface area (Å²) in [5.41, 5.74) is 0.554. The Morgan fingerprint density at radius 1 is 1.32 bits per heavy atom. The number of carbonyl (C=O) groups excluding carboxylic acids is 1. The van der Waals surface area contributed by atoms with Gasteiger partial charge in [0.2, 0.25) is 16.5 Å². The molecule has 25 heavy (non-hydrogen) atoms. The summed E-state index contributed by atoms with van der Waals surface area (Å²) in [7, 11) is 0. The van der Waals surface area contributed by atoms with E-state index < -0.39 is 0 Å². The maximum absolute atomic E-state index is 12.8. The first kappa shape index (κ1) is 16.0. The molecule has 0 saturated heterocycles. The van der Waals surface area contributed by atoms with Gasteiger partial charge in [0.25, 0.3) is 5.56 Å². The Bertz CT molecular complexity index is 1060. The van der Waals surface area contributed by atoms with Crippen molar-refractivity contribution in [3.8, 4) is 0 Å². The molecule has 0 atom stereocenters. The van der Waals surface area contributed by atoms with Gasteiger partial charge in [-0.1, -0.05) is 25.0 Å². The maximum Gasteiger partial charge on any atom is 0.262 e. The Hall–Kier alpha value is -2.48. The van der Waals surface area contributed by atoms with Crippen LogP contribution in [-0.4, -0.2) is 31.1 Å². The van der Waals surface area contributed by atoms with Crippen LogP contribution in [0, 0.1) is 4.77 Å². The molecule has 1 saturated carbocycles. The molecule has 1 aliphatic carbocycles. The normalized spacial score (nSPS) is 15.2. The van der Waals surface area contributed by atoms with Crippen LogP contribution in [0.4, 0.5) is 0 Å². The average Bonchev–Trinajstić information content (AvgIpc) is 3.25. The van der Waals surface area contributed by atoms with Crippen molar-refractivity contribution in [2.45, 2.75) is 44.7 Å². The fourth-order valence-corrected chi connectivity index (χ4v) is 3.78. The minimum Gasteiger partial charge on any atom is -0.353 e. The molecule has 0 bridgehead atoms. The zero-order valence-electron chi connectivity index (χ0n) is 13.7. The number of aryl methyl sites for hydroxylation is 1. The molecule has 2 N–H and O–H groups in total. The highest BCUT2D eigenvalue weighted by atomic mass is 32.1. The number of aromatic nitrogens is 4. The summed E-state index contributed by atoms with van der Waals surface area (Å²) >= 11 is 5.30. The number of para-hydroxylation sites is 1. The van der Waals surface area contributed by atoms with Crippen LogP contribution >= 0.6 is 12.2 Å². The van der Waals surface area contributed by atoms with Gasteiger partial charge in [0.05, 0.1) is 10.9 Å². The SMILES string of the molecule is O=C(CCn1c(=O)c2ccccc2n2c(=S)[nH]nc12)NC1CCCC1. The molecule has 2 heterocycles. The van der Waals surface area contributed by atoms with E-state index in [0.29, 0.717) is 21.5 Å². The molecule has 0 spiro atoms. The quantitative estimate of drug-likeness (QED) is 0.701. The number of carbonyl (C=O) groups is 1. The van der Waals surface area contributed by atoms with Gasteiger partial charge in [0.15, 0.2) is 0 Å². The monoisotopic (exact) mass is 357 g/mol. The molecule has 130 valence electrons. The van der Waals surface area contributed by atoms with E-state index in [9.17, 15) is 9.59 Å². The number of rotatable bonds is 4. The third-order valence-electron chi connectivity index (χ3n) is 4.80. The summed E-state index contributed by atoms with van der Waals surface area (Å²) in [6.45, 7) is 0.269. The van der Waals surface area contributed by atoms with Gasteiger partial charge in [-0.2, -0.15) is 0 Å². The third-order valence-corrected chi connectivity index (χ3v) is 5.07. The predicted molar refractivity (Wildman–Crippen MR) is 97.2 cm³/mol. The number of nitrogens with one attached hydrogen (secondary N) is 2. The number of H-pyrrole nitrogens is 1. The molecule has 2 aromatic heterocycles. The number of hydrogen-bond donors (Lipinski definition) is 2. The van der Waals surface area contributed by atoms with Gasteiger partial charge in [-0.15, -0.1) is 5.10 Å². The molecule has 1 amide bonds. The zero-order valence-corrected chi connectivity index (χ0v) is 14.5. The van der Waals surface area contributed by atoms with Crippen LogP contribution in [0.15, 0.2) is 29.1 Å². The fraction of sp³-hybridized carbons (Fsp3) is 0.412. The molecule has 0 unspecified atom stereocenters. The van der Waals surface area contributed by atoms with Crippen LogP contribution < -0.4 is 10.9 Å². The topological polar surface area (TPSA) is 84.2 Å². The molecular formula is C17H19N5O2S. The highest BCUT2D eigenvalue weighted by molar-refractivity contribution is 7.71. The van der Waals surface area contributed by atoms with Crippen LogP contribution in [0.3, 0.4) is 0 Å². The van der Waals surface area contributed by atoms with Crippen molar-refractivity contribution < 1.29 is 4.79 Å². The van der Waals surface area contributed by atoms with Crippen molar-refractivity contribution in [2.75, 3.05) is 0 Å². The van der Waals surface area contributed by atoms with Crippen molar-refractivity contribution >= 4 is 34.8 Å². The Balaban J connectivity index is 1.68. The van der Waals surface area contributed by atoms with Gasteiger partial charge in [0.1, 0.15) is 0 Å². The van der Waals surface area contributed by atoms with Gasteiger partial charge in [-0.3, -0.25) is 18.6 Å². The Labute approximate surface area is 148 Å². The number of amides is 1. The Morgan fingerprint density at radius 3 is 2.88 bits per heavy atom. The molecule has 4 rings (SSSR count). The van der Waals surface area contributed by atoms with Gasteiger partial charge in [-0.05, 0) is 37.2 Å². The first-order valence-electron chi connectivity index (χ1n) is 8.53. The molecule has 1 fully saturated rings. The van der Waals surface area contributed by atoms with E-state index in [-0.39, 0.29) is 30.5 Å². The summed E-state index contributed by atoms with van der Waals surface area (Å²) in [5, 5.41) is 10.5. The van der Waals surface area contributed by atoms with Crippen molar-refractivity contribution in [1.29, 1.82) is 0 Å². The summed E-state index contributed by atoms with van der Waals surface area (Å²) in [5.74, 6) is 0.404. The Morgan fingerprint density at radius 2 is 2.08 bits per heavy atom. The fourth-order valence-electron chi connectivity index (χ4n) is 3.56. The largest absolute Gasteiger partial charge is 0.353 e. The number of aromatic amines is 1. The maximum atomic E-state index is 12.8. The van der Waals surface area contributed by atoms with Crippen LogP contribution in [-0.2, 0) is 11.3 Å². The lowest BCUT2D eigenvalue weighted by atomic mass is 10.2. The molecule has 3 aromatic rings. The first-order valence-corrected chi connectivity index (χ1v) is 8.94. The molecule has 1 aliphatic rings. The second kappa shape index (κ2) is 6.44. The lowest BCUT2D eigenvalue weighted by Crippen LogP contribution is -2.34. The van der Waals surface area contributed by atoms with E-state index in [4.69, 9.17) is 12.2 Å². The average molecular weight is 357 g/mol. The van der Waals surface area contributed by atoms with E-state index >= 15 is 0 Å². The second-order valence-corrected chi connectivity index (χ2v) is 6.82. The number of nitrogens with zero attached hydrogens (tertiary/aromatic N) is 3.